The molecule has 0 aliphatic heterocycles. The second-order valence-electron chi connectivity index (χ2n) is 3.22. The van der Waals surface area contributed by atoms with E-state index in [0.717, 1.165) is 5.56 Å². The topological polar surface area (TPSA) is 9.23 Å². The zero-order valence-electron chi connectivity index (χ0n) is 11.9. The Bertz CT molecular complexity index is 286. The number of ether oxygens (including phenoxy) is 1. The van der Waals surface area contributed by atoms with Gasteiger partial charge in [0, 0.05) is 0 Å². The highest BCUT2D eigenvalue weighted by Gasteiger charge is 2.09. The van der Waals surface area contributed by atoms with E-state index in [-0.39, 0.29) is 6.10 Å². The third kappa shape index (κ3) is 7.51. The van der Waals surface area contributed by atoms with Gasteiger partial charge in [0.2, 0.25) is 0 Å². The molecule has 0 saturated heterocycles. The van der Waals surface area contributed by atoms with Crippen molar-refractivity contribution >= 4 is 23.2 Å². The molecule has 3 heteroatoms. The van der Waals surface area contributed by atoms with Gasteiger partial charge in [-0.2, -0.15) is 0 Å². The lowest BCUT2D eigenvalue weighted by atomic mass is 10.2. The van der Waals surface area contributed by atoms with E-state index in [9.17, 15) is 0 Å². The van der Waals surface area contributed by atoms with Gasteiger partial charge < -0.3 is 4.74 Å². The molecule has 0 spiro atoms. The van der Waals surface area contributed by atoms with Gasteiger partial charge in [-0.05, 0) is 38.5 Å². The SMILES string of the molecule is CC.CC.Cc1cc(Cl)c(OC(C)C)c(Cl)c1. The van der Waals surface area contributed by atoms with E-state index in [2.05, 4.69) is 0 Å². The molecule has 0 aromatic heterocycles. The van der Waals surface area contributed by atoms with Crippen LogP contribution in [-0.4, -0.2) is 6.10 Å². The summed E-state index contributed by atoms with van der Waals surface area (Å²) in [6, 6.07) is 3.68. The molecule has 0 amide bonds. The fourth-order valence-corrected chi connectivity index (χ4v) is 1.72. The van der Waals surface area contributed by atoms with Crippen molar-refractivity contribution in [2.75, 3.05) is 0 Å². The van der Waals surface area contributed by atoms with Gasteiger partial charge in [0.1, 0.15) is 0 Å². The van der Waals surface area contributed by atoms with E-state index in [4.69, 9.17) is 27.9 Å². The van der Waals surface area contributed by atoms with E-state index in [0.29, 0.717) is 15.8 Å². The summed E-state index contributed by atoms with van der Waals surface area (Å²) in [5.74, 6) is 0.573. The monoisotopic (exact) mass is 278 g/mol. The number of halogens is 2. The van der Waals surface area contributed by atoms with Crippen molar-refractivity contribution in [1.29, 1.82) is 0 Å². The first kappa shape index (κ1) is 19.0. The molecule has 0 aliphatic rings. The van der Waals surface area contributed by atoms with Gasteiger partial charge in [-0.15, -0.1) is 0 Å². The lowest BCUT2D eigenvalue weighted by molar-refractivity contribution is 0.242. The summed E-state index contributed by atoms with van der Waals surface area (Å²) in [6.45, 7) is 13.8. The Labute approximate surface area is 116 Å². The molecule has 1 rings (SSSR count). The van der Waals surface area contributed by atoms with Gasteiger partial charge in [0.25, 0.3) is 0 Å². The molecule has 1 aromatic rings. The van der Waals surface area contributed by atoms with Gasteiger partial charge in [-0.25, -0.2) is 0 Å². The van der Waals surface area contributed by atoms with Crippen molar-refractivity contribution < 1.29 is 4.74 Å². The molecule has 0 N–H and O–H groups in total. The normalized spacial score (nSPS) is 8.82. The molecule has 0 radical (unpaired) electrons. The summed E-state index contributed by atoms with van der Waals surface area (Å²) in [5, 5.41) is 1.14. The zero-order chi connectivity index (χ0) is 14.0. The molecule has 0 bridgehead atoms. The van der Waals surface area contributed by atoms with Crippen LogP contribution in [0.15, 0.2) is 12.1 Å². The van der Waals surface area contributed by atoms with Crippen LogP contribution in [0.4, 0.5) is 0 Å². The van der Waals surface area contributed by atoms with Crippen molar-refractivity contribution in [3.8, 4) is 5.75 Å². The van der Waals surface area contributed by atoms with E-state index in [1.165, 1.54) is 0 Å². The Morgan fingerprint density at radius 1 is 0.941 bits per heavy atom. The van der Waals surface area contributed by atoms with Crippen molar-refractivity contribution in [3.05, 3.63) is 27.7 Å². The maximum atomic E-state index is 5.97. The molecule has 0 fully saturated rings. The van der Waals surface area contributed by atoms with Crippen molar-refractivity contribution in [2.45, 2.75) is 54.6 Å². The standard InChI is InChI=1S/C10H12Cl2O.2C2H6/c1-6(2)13-10-8(11)4-7(3)5-9(10)12;2*1-2/h4-6H,1-3H3;2*1-2H3. The number of benzene rings is 1. The summed E-state index contributed by atoms with van der Waals surface area (Å²) in [4.78, 5) is 0. The Hall–Kier alpha value is -0.400. The van der Waals surface area contributed by atoms with Gasteiger partial charge in [-0.1, -0.05) is 50.9 Å². The van der Waals surface area contributed by atoms with Crippen LogP contribution in [0.1, 0.15) is 47.1 Å². The smallest absolute Gasteiger partial charge is 0.156 e. The molecule has 1 nitrogen and oxygen atoms in total. The predicted octanol–water partition coefficient (Wildman–Crippen LogP) is 6.14. The van der Waals surface area contributed by atoms with Gasteiger partial charge >= 0.3 is 0 Å². The minimum atomic E-state index is 0.0812. The number of aryl methyl sites for hydroxylation is 1. The summed E-state index contributed by atoms with van der Waals surface area (Å²) in [7, 11) is 0. The predicted molar refractivity (Wildman–Crippen MR) is 79.7 cm³/mol. The first-order valence-corrected chi connectivity index (χ1v) is 6.88. The minimum Gasteiger partial charge on any atom is -0.488 e. The van der Waals surface area contributed by atoms with Crippen molar-refractivity contribution in [2.24, 2.45) is 0 Å². The Kier molecular flexibility index (Phi) is 12.0. The summed E-state index contributed by atoms with van der Waals surface area (Å²) >= 11 is 11.9. The van der Waals surface area contributed by atoms with Crippen molar-refractivity contribution in [1.82, 2.24) is 0 Å². The minimum absolute atomic E-state index is 0.0812. The molecule has 0 aliphatic carbocycles. The van der Waals surface area contributed by atoms with E-state index >= 15 is 0 Å². The first-order chi connectivity index (χ1) is 8.00. The lowest BCUT2D eigenvalue weighted by Crippen LogP contribution is -2.06. The molecule has 17 heavy (non-hydrogen) atoms. The summed E-state index contributed by atoms with van der Waals surface area (Å²) in [5.41, 5.74) is 1.03. The Balaban J connectivity index is 0. The Morgan fingerprint density at radius 3 is 1.59 bits per heavy atom. The molecular formula is C14H24Cl2O. The highest BCUT2D eigenvalue weighted by atomic mass is 35.5. The van der Waals surface area contributed by atoms with Gasteiger partial charge in [-0.3, -0.25) is 0 Å². The molecule has 0 unspecified atom stereocenters. The first-order valence-electron chi connectivity index (χ1n) is 6.13. The van der Waals surface area contributed by atoms with Gasteiger partial charge in [0.15, 0.2) is 5.75 Å². The van der Waals surface area contributed by atoms with E-state index in [1.807, 2.05) is 60.6 Å². The number of hydrogen-bond acceptors (Lipinski definition) is 1. The van der Waals surface area contributed by atoms with Crippen LogP contribution >= 0.6 is 23.2 Å². The van der Waals surface area contributed by atoms with Crippen LogP contribution in [0.3, 0.4) is 0 Å². The maximum absolute atomic E-state index is 5.97. The molecule has 0 heterocycles. The van der Waals surface area contributed by atoms with E-state index in [1.54, 1.807) is 0 Å². The number of rotatable bonds is 2. The fraction of sp³-hybridized carbons (Fsp3) is 0.571. The maximum Gasteiger partial charge on any atom is 0.156 e. The van der Waals surface area contributed by atoms with Crippen molar-refractivity contribution in [3.63, 3.8) is 0 Å². The highest BCUT2D eigenvalue weighted by molar-refractivity contribution is 6.37. The van der Waals surface area contributed by atoms with Crippen LogP contribution in [-0.2, 0) is 0 Å². The van der Waals surface area contributed by atoms with Gasteiger partial charge in [0.05, 0.1) is 16.1 Å². The second-order valence-corrected chi connectivity index (χ2v) is 4.04. The molecule has 0 saturated carbocycles. The molecular weight excluding hydrogens is 255 g/mol. The second kappa shape index (κ2) is 10.7. The largest absolute Gasteiger partial charge is 0.488 e. The third-order valence-corrected chi connectivity index (χ3v) is 2.06. The zero-order valence-corrected chi connectivity index (χ0v) is 13.4. The molecule has 100 valence electrons. The number of hydrogen-bond donors (Lipinski definition) is 0. The average Bonchev–Trinajstić information content (AvgIpc) is 2.29. The summed E-state index contributed by atoms with van der Waals surface area (Å²) < 4.78 is 5.47. The average molecular weight is 279 g/mol. The molecule has 1 aromatic carbocycles. The molecule has 0 atom stereocenters. The van der Waals surface area contributed by atoms with E-state index < -0.39 is 0 Å². The van der Waals surface area contributed by atoms with Crippen LogP contribution in [0, 0.1) is 6.92 Å². The fourth-order valence-electron chi connectivity index (χ4n) is 1.03. The third-order valence-electron chi connectivity index (χ3n) is 1.50. The summed E-state index contributed by atoms with van der Waals surface area (Å²) in [6.07, 6.45) is 0.0812. The quantitative estimate of drug-likeness (QED) is 0.631. The van der Waals surface area contributed by atoms with Crippen LogP contribution < -0.4 is 4.74 Å². The van der Waals surface area contributed by atoms with Crippen LogP contribution in [0.2, 0.25) is 10.0 Å². The Morgan fingerprint density at radius 2 is 1.29 bits per heavy atom. The lowest BCUT2D eigenvalue weighted by Gasteiger charge is -2.13. The van der Waals surface area contributed by atoms with Crippen LogP contribution in [0.5, 0.6) is 5.75 Å². The highest BCUT2D eigenvalue weighted by Crippen LogP contribution is 2.34. The van der Waals surface area contributed by atoms with Crippen LogP contribution in [0.25, 0.3) is 0 Å².